The van der Waals surface area contributed by atoms with Crippen molar-refractivity contribution in [3.8, 4) is 0 Å². The molecule has 0 fully saturated rings. The van der Waals surface area contributed by atoms with Crippen molar-refractivity contribution in [2.24, 2.45) is 4.99 Å². The van der Waals surface area contributed by atoms with E-state index in [1.54, 1.807) is 7.05 Å². The number of hydrogen-bond acceptors (Lipinski definition) is 2. The number of nitrogens with one attached hydrogen (secondary N) is 3. The number of pyridine rings is 1. The van der Waals surface area contributed by atoms with E-state index in [-0.39, 0.29) is 0 Å². The predicted octanol–water partition coefficient (Wildman–Crippen LogP) is 2.82. The van der Waals surface area contributed by atoms with Crippen molar-refractivity contribution in [1.82, 2.24) is 20.6 Å². The van der Waals surface area contributed by atoms with E-state index in [1.807, 2.05) is 24.4 Å². The van der Waals surface area contributed by atoms with Crippen molar-refractivity contribution in [1.29, 1.82) is 0 Å². The minimum Gasteiger partial charge on any atom is -0.358 e. The van der Waals surface area contributed by atoms with Gasteiger partial charge in [-0.25, -0.2) is 0 Å². The molecule has 130 valence electrons. The number of hydrogen-bond donors (Lipinski definition) is 3. The molecule has 2 heterocycles. The molecule has 0 radical (unpaired) electrons. The molecule has 0 aliphatic rings. The number of rotatable bonds is 6. The highest BCUT2D eigenvalue weighted by molar-refractivity contribution is 5.84. The normalized spacial score (nSPS) is 11.7. The first kappa shape index (κ1) is 17.0. The number of nitrogens with zero attached hydrogens (tertiary/aromatic N) is 2. The lowest BCUT2D eigenvalue weighted by molar-refractivity contribution is 0.776. The molecule has 3 rings (SSSR count). The maximum atomic E-state index is 4.33. The second-order valence-corrected chi connectivity index (χ2v) is 6.02. The second kappa shape index (κ2) is 8.33. The Balaban J connectivity index is 1.49. The van der Waals surface area contributed by atoms with E-state index >= 15 is 0 Å². The largest absolute Gasteiger partial charge is 0.358 e. The van der Waals surface area contributed by atoms with Crippen LogP contribution in [0.4, 0.5) is 0 Å². The first-order chi connectivity index (χ1) is 12.3. The minimum absolute atomic E-state index is 0.808. The van der Waals surface area contributed by atoms with Crippen LogP contribution in [0.5, 0.6) is 0 Å². The highest BCUT2D eigenvalue weighted by Gasteiger charge is 2.07. The summed E-state index contributed by atoms with van der Waals surface area (Å²) < 4.78 is 0. The molecule has 0 spiro atoms. The predicted molar refractivity (Wildman–Crippen MR) is 104 cm³/mol. The molecule has 25 heavy (non-hydrogen) atoms. The molecule has 0 bridgehead atoms. The van der Waals surface area contributed by atoms with Gasteiger partial charge in [-0.3, -0.25) is 9.98 Å². The highest BCUT2D eigenvalue weighted by atomic mass is 15.2. The van der Waals surface area contributed by atoms with E-state index in [0.717, 1.165) is 37.6 Å². The molecule has 3 N–H and O–H groups in total. The van der Waals surface area contributed by atoms with Gasteiger partial charge in [-0.1, -0.05) is 24.3 Å². The molecule has 3 aromatic rings. The van der Waals surface area contributed by atoms with E-state index in [0.29, 0.717) is 0 Å². The standard InChI is InChI=1S/C20H25N5/c1-15-17(18-8-3-4-9-19(18)25-15)11-14-24-20(21-2)23-13-10-16-7-5-6-12-22-16/h3-9,12,25H,10-11,13-14H2,1-2H3,(H2,21,23,24). The van der Waals surface area contributed by atoms with Gasteiger partial charge in [0.2, 0.25) is 0 Å². The summed E-state index contributed by atoms with van der Waals surface area (Å²) in [4.78, 5) is 12.1. The molecule has 0 saturated carbocycles. The van der Waals surface area contributed by atoms with Crippen molar-refractivity contribution in [3.63, 3.8) is 0 Å². The Morgan fingerprint density at radius 1 is 1.04 bits per heavy atom. The maximum absolute atomic E-state index is 4.33. The molecule has 0 aliphatic heterocycles. The van der Waals surface area contributed by atoms with Crippen LogP contribution in [0.25, 0.3) is 10.9 Å². The lowest BCUT2D eigenvalue weighted by Crippen LogP contribution is -2.39. The van der Waals surface area contributed by atoms with Crippen LogP contribution in [-0.2, 0) is 12.8 Å². The van der Waals surface area contributed by atoms with Crippen molar-refractivity contribution in [3.05, 3.63) is 65.6 Å². The fraction of sp³-hybridized carbons (Fsp3) is 0.300. The number of para-hydroxylation sites is 1. The monoisotopic (exact) mass is 335 g/mol. The number of aliphatic imine (C=N–C) groups is 1. The minimum atomic E-state index is 0.808. The Kier molecular flexibility index (Phi) is 5.67. The quantitative estimate of drug-likeness (QED) is 0.479. The maximum Gasteiger partial charge on any atom is 0.190 e. The van der Waals surface area contributed by atoms with E-state index in [1.165, 1.54) is 22.2 Å². The lowest BCUT2D eigenvalue weighted by atomic mass is 10.1. The van der Waals surface area contributed by atoms with Gasteiger partial charge in [-0.15, -0.1) is 0 Å². The third kappa shape index (κ3) is 4.38. The highest BCUT2D eigenvalue weighted by Crippen LogP contribution is 2.21. The molecule has 0 saturated heterocycles. The number of benzene rings is 1. The summed E-state index contributed by atoms with van der Waals surface area (Å²) in [6.45, 7) is 3.78. The van der Waals surface area contributed by atoms with Crippen LogP contribution in [-0.4, -0.2) is 36.1 Å². The van der Waals surface area contributed by atoms with Crippen LogP contribution in [0.15, 0.2) is 53.7 Å². The van der Waals surface area contributed by atoms with Gasteiger partial charge in [-0.2, -0.15) is 0 Å². The number of aryl methyl sites for hydroxylation is 1. The van der Waals surface area contributed by atoms with Gasteiger partial charge in [-0.05, 0) is 37.1 Å². The molecule has 0 unspecified atom stereocenters. The number of H-pyrrole nitrogens is 1. The van der Waals surface area contributed by atoms with Gasteiger partial charge in [0, 0.05) is 55.0 Å². The van der Waals surface area contributed by atoms with Crippen LogP contribution in [0.3, 0.4) is 0 Å². The number of fused-ring (bicyclic) bond motifs is 1. The Morgan fingerprint density at radius 2 is 1.80 bits per heavy atom. The van der Waals surface area contributed by atoms with Crippen LogP contribution < -0.4 is 10.6 Å². The molecule has 0 aliphatic carbocycles. The van der Waals surface area contributed by atoms with Gasteiger partial charge in [0.15, 0.2) is 5.96 Å². The van der Waals surface area contributed by atoms with Gasteiger partial charge < -0.3 is 15.6 Å². The fourth-order valence-corrected chi connectivity index (χ4v) is 3.04. The number of aromatic amines is 1. The zero-order valence-corrected chi connectivity index (χ0v) is 14.8. The summed E-state index contributed by atoms with van der Waals surface area (Å²) >= 11 is 0. The van der Waals surface area contributed by atoms with Crippen molar-refractivity contribution in [2.45, 2.75) is 19.8 Å². The average molecular weight is 335 g/mol. The molecular weight excluding hydrogens is 310 g/mol. The van der Waals surface area contributed by atoms with E-state index in [9.17, 15) is 0 Å². The van der Waals surface area contributed by atoms with Crippen molar-refractivity contribution in [2.75, 3.05) is 20.1 Å². The zero-order valence-electron chi connectivity index (χ0n) is 14.8. The smallest absolute Gasteiger partial charge is 0.190 e. The third-order valence-corrected chi connectivity index (χ3v) is 4.32. The molecule has 2 aromatic heterocycles. The van der Waals surface area contributed by atoms with Crippen LogP contribution in [0, 0.1) is 6.92 Å². The first-order valence-corrected chi connectivity index (χ1v) is 8.68. The van der Waals surface area contributed by atoms with Gasteiger partial charge in [0.05, 0.1) is 0 Å². The summed E-state index contributed by atoms with van der Waals surface area (Å²) in [7, 11) is 1.80. The van der Waals surface area contributed by atoms with E-state index < -0.39 is 0 Å². The molecule has 5 nitrogen and oxygen atoms in total. The third-order valence-electron chi connectivity index (χ3n) is 4.32. The van der Waals surface area contributed by atoms with Crippen LogP contribution >= 0.6 is 0 Å². The SMILES string of the molecule is CN=C(NCCc1ccccn1)NCCc1c(C)[nH]c2ccccc12. The van der Waals surface area contributed by atoms with Gasteiger partial charge in [0.25, 0.3) is 0 Å². The molecule has 0 amide bonds. The topological polar surface area (TPSA) is 65.1 Å². The van der Waals surface area contributed by atoms with Crippen molar-refractivity contribution < 1.29 is 0 Å². The average Bonchev–Trinajstić information content (AvgIpc) is 2.97. The van der Waals surface area contributed by atoms with Crippen LogP contribution in [0.1, 0.15) is 17.0 Å². The number of aromatic nitrogens is 2. The fourth-order valence-electron chi connectivity index (χ4n) is 3.04. The first-order valence-electron chi connectivity index (χ1n) is 8.68. The summed E-state index contributed by atoms with van der Waals surface area (Å²) in [5, 5.41) is 8.04. The van der Waals surface area contributed by atoms with Crippen molar-refractivity contribution >= 4 is 16.9 Å². The summed E-state index contributed by atoms with van der Waals surface area (Å²) in [6.07, 6.45) is 3.66. The van der Waals surface area contributed by atoms with E-state index in [2.05, 4.69) is 56.8 Å². The zero-order chi connectivity index (χ0) is 17.5. The molecular formula is C20H25N5. The molecule has 5 heteroatoms. The number of guanidine groups is 1. The lowest BCUT2D eigenvalue weighted by Gasteiger charge is -2.12. The summed E-state index contributed by atoms with van der Waals surface area (Å²) in [6, 6.07) is 14.4. The Labute approximate surface area is 148 Å². The molecule has 1 aromatic carbocycles. The summed E-state index contributed by atoms with van der Waals surface area (Å²) in [5.41, 5.74) is 4.89. The Hall–Kier alpha value is -2.82. The Bertz CT molecular complexity index is 836. The van der Waals surface area contributed by atoms with Crippen LogP contribution in [0.2, 0.25) is 0 Å². The second-order valence-electron chi connectivity index (χ2n) is 6.02. The van der Waals surface area contributed by atoms with Gasteiger partial charge >= 0.3 is 0 Å². The van der Waals surface area contributed by atoms with Gasteiger partial charge in [0.1, 0.15) is 0 Å². The summed E-state index contributed by atoms with van der Waals surface area (Å²) in [5.74, 6) is 0.827. The Morgan fingerprint density at radius 3 is 2.56 bits per heavy atom. The van der Waals surface area contributed by atoms with E-state index in [4.69, 9.17) is 0 Å². The molecule has 0 atom stereocenters.